The minimum absolute atomic E-state index is 0.0784. The fraction of sp³-hybridized carbons (Fsp3) is 0.400. The molecule has 2 heterocycles. The summed E-state index contributed by atoms with van der Waals surface area (Å²) in [5.41, 5.74) is 10.0. The Hall–Kier alpha value is -3.24. The largest absolute Gasteiger partial charge is 0.338 e. The number of benzene rings is 1. The molecule has 32 heavy (non-hydrogen) atoms. The quantitative estimate of drug-likeness (QED) is 0.618. The number of nitrogens with two attached hydrogens (primary N) is 1. The molecule has 166 valence electrons. The van der Waals surface area contributed by atoms with Gasteiger partial charge in [-0.25, -0.2) is 4.39 Å². The molecule has 0 radical (unpaired) electrons. The number of carbonyl (C=O) groups is 1. The number of nitrogens with one attached hydrogen (secondary N) is 1. The third-order valence-corrected chi connectivity index (χ3v) is 6.60. The van der Waals surface area contributed by atoms with Gasteiger partial charge in [-0.3, -0.25) is 9.78 Å². The SMILES string of the molecule is Cc1cn2cc(-c3ccc(C[C@@H](C#N)NC(=O)[C@](C)(N)C4CCC4)c(F)c3)cc2c(C)n1. The highest BCUT2D eigenvalue weighted by atomic mass is 19.1. The van der Waals surface area contributed by atoms with Gasteiger partial charge in [-0.05, 0) is 62.8 Å². The molecule has 0 bridgehead atoms. The molecule has 1 amide bonds. The Labute approximate surface area is 187 Å². The maximum absolute atomic E-state index is 14.9. The van der Waals surface area contributed by atoms with E-state index in [-0.39, 0.29) is 18.2 Å². The first-order chi connectivity index (χ1) is 15.2. The smallest absolute Gasteiger partial charge is 0.241 e. The Morgan fingerprint density at radius 2 is 2.09 bits per heavy atom. The lowest BCUT2D eigenvalue weighted by Crippen LogP contribution is -2.60. The maximum Gasteiger partial charge on any atom is 0.241 e. The van der Waals surface area contributed by atoms with E-state index < -0.39 is 17.4 Å². The normalized spacial score (nSPS) is 16.8. The van der Waals surface area contributed by atoms with Crippen molar-refractivity contribution in [2.45, 2.75) is 58.0 Å². The van der Waals surface area contributed by atoms with E-state index in [1.165, 1.54) is 6.07 Å². The standard InChI is InChI=1S/C25H28FN5O/c1-15-13-31-14-19(11-23(31)16(2)29-15)17-7-8-18(22(26)10-17)9-21(12-27)30-24(32)25(3,28)20-5-4-6-20/h7-8,10-11,13-14,20-21H,4-6,9,28H2,1-3H3,(H,30,32)/t21-,25+/m0/s1. The first-order valence-corrected chi connectivity index (χ1v) is 10.9. The monoisotopic (exact) mass is 433 g/mol. The molecule has 0 aliphatic heterocycles. The van der Waals surface area contributed by atoms with Crippen molar-refractivity contribution in [2.24, 2.45) is 11.7 Å². The van der Waals surface area contributed by atoms with Gasteiger partial charge in [0.05, 0.1) is 28.5 Å². The fourth-order valence-electron chi connectivity index (χ4n) is 4.33. The summed E-state index contributed by atoms with van der Waals surface area (Å²) in [4.78, 5) is 17.1. The average molecular weight is 434 g/mol. The Kier molecular flexibility index (Phi) is 5.74. The maximum atomic E-state index is 14.9. The second kappa shape index (κ2) is 8.36. The van der Waals surface area contributed by atoms with E-state index in [4.69, 9.17) is 5.73 Å². The summed E-state index contributed by atoms with van der Waals surface area (Å²) < 4.78 is 16.9. The Morgan fingerprint density at radius 3 is 2.72 bits per heavy atom. The molecule has 2 aromatic heterocycles. The van der Waals surface area contributed by atoms with Gasteiger partial charge in [0.15, 0.2) is 0 Å². The van der Waals surface area contributed by atoms with Gasteiger partial charge < -0.3 is 15.5 Å². The summed E-state index contributed by atoms with van der Waals surface area (Å²) in [5, 5.41) is 12.2. The second-order valence-electron chi connectivity index (χ2n) is 9.06. The molecule has 7 heteroatoms. The van der Waals surface area contributed by atoms with Crippen molar-refractivity contribution in [3.63, 3.8) is 0 Å². The zero-order chi connectivity index (χ0) is 23.0. The molecule has 0 saturated heterocycles. The number of amides is 1. The molecule has 1 aliphatic carbocycles. The van der Waals surface area contributed by atoms with Gasteiger partial charge in [-0.1, -0.05) is 18.6 Å². The van der Waals surface area contributed by atoms with Crippen molar-refractivity contribution in [2.75, 3.05) is 0 Å². The summed E-state index contributed by atoms with van der Waals surface area (Å²) in [6.45, 7) is 5.59. The third-order valence-electron chi connectivity index (χ3n) is 6.60. The first-order valence-electron chi connectivity index (χ1n) is 10.9. The molecule has 1 aromatic carbocycles. The third kappa shape index (κ3) is 4.11. The van der Waals surface area contributed by atoms with Crippen LogP contribution < -0.4 is 11.1 Å². The Bertz CT molecular complexity index is 1220. The van der Waals surface area contributed by atoms with E-state index >= 15 is 0 Å². The van der Waals surface area contributed by atoms with E-state index in [1.807, 2.05) is 42.8 Å². The van der Waals surface area contributed by atoms with Crippen LogP contribution in [0.1, 0.15) is 43.1 Å². The van der Waals surface area contributed by atoms with Crippen LogP contribution >= 0.6 is 0 Å². The van der Waals surface area contributed by atoms with Gasteiger partial charge in [-0.2, -0.15) is 5.26 Å². The molecular formula is C25H28FN5O. The van der Waals surface area contributed by atoms with E-state index in [2.05, 4.69) is 16.4 Å². The Balaban J connectivity index is 1.51. The number of nitrogens with zero attached hydrogens (tertiary/aromatic N) is 3. The highest BCUT2D eigenvalue weighted by molar-refractivity contribution is 5.86. The molecule has 3 aromatic rings. The van der Waals surface area contributed by atoms with E-state index in [0.29, 0.717) is 5.56 Å². The lowest BCUT2D eigenvalue weighted by molar-refractivity contribution is -0.129. The molecule has 1 aliphatic rings. The van der Waals surface area contributed by atoms with Crippen LogP contribution in [0.25, 0.3) is 16.6 Å². The second-order valence-corrected chi connectivity index (χ2v) is 9.06. The van der Waals surface area contributed by atoms with Crippen LogP contribution in [0.2, 0.25) is 0 Å². The summed E-state index contributed by atoms with van der Waals surface area (Å²) >= 11 is 0. The van der Waals surface area contributed by atoms with Gasteiger partial charge in [0, 0.05) is 24.4 Å². The molecular weight excluding hydrogens is 405 g/mol. The molecule has 0 spiro atoms. The lowest BCUT2D eigenvalue weighted by Gasteiger charge is -2.39. The first kappa shape index (κ1) is 22.0. The average Bonchev–Trinajstić information content (AvgIpc) is 3.11. The van der Waals surface area contributed by atoms with Gasteiger partial charge in [0.25, 0.3) is 0 Å². The van der Waals surface area contributed by atoms with Crippen molar-refractivity contribution in [3.8, 4) is 17.2 Å². The number of fused-ring (bicyclic) bond motifs is 1. The van der Waals surface area contributed by atoms with Crippen molar-refractivity contribution < 1.29 is 9.18 Å². The molecule has 1 saturated carbocycles. The predicted octanol–water partition coefficient (Wildman–Crippen LogP) is 3.83. The van der Waals surface area contributed by atoms with Gasteiger partial charge in [-0.15, -0.1) is 0 Å². The van der Waals surface area contributed by atoms with Crippen LogP contribution in [-0.2, 0) is 11.2 Å². The van der Waals surface area contributed by atoms with Crippen LogP contribution in [0.4, 0.5) is 4.39 Å². The molecule has 6 nitrogen and oxygen atoms in total. The molecule has 3 N–H and O–H groups in total. The number of halogens is 1. The van der Waals surface area contributed by atoms with Crippen LogP contribution in [0.3, 0.4) is 0 Å². The van der Waals surface area contributed by atoms with Gasteiger partial charge in [0.1, 0.15) is 11.9 Å². The van der Waals surface area contributed by atoms with Crippen molar-refractivity contribution in [3.05, 3.63) is 59.4 Å². The highest BCUT2D eigenvalue weighted by Crippen LogP contribution is 2.35. The van der Waals surface area contributed by atoms with Crippen molar-refractivity contribution >= 4 is 11.4 Å². The number of carbonyl (C=O) groups excluding carboxylic acids is 1. The number of rotatable bonds is 6. The lowest BCUT2D eigenvalue weighted by atomic mass is 9.71. The summed E-state index contributed by atoms with van der Waals surface area (Å²) in [5.74, 6) is -0.642. The number of hydrogen-bond donors (Lipinski definition) is 2. The molecule has 4 rings (SSSR count). The zero-order valence-electron chi connectivity index (χ0n) is 18.7. The fourth-order valence-corrected chi connectivity index (χ4v) is 4.33. The van der Waals surface area contributed by atoms with Crippen LogP contribution in [-0.4, -0.2) is 26.9 Å². The number of aryl methyl sites for hydroxylation is 2. The minimum Gasteiger partial charge on any atom is -0.338 e. The summed E-state index contributed by atoms with van der Waals surface area (Å²) in [6.07, 6.45) is 6.86. The predicted molar refractivity (Wildman–Crippen MR) is 121 cm³/mol. The highest BCUT2D eigenvalue weighted by Gasteiger charge is 2.41. The van der Waals surface area contributed by atoms with Gasteiger partial charge in [0.2, 0.25) is 5.91 Å². The minimum atomic E-state index is -1.02. The van der Waals surface area contributed by atoms with Crippen molar-refractivity contribution in [1.82, 2.24) is 14.7 Å². The summed E-state index contributed by atoms with van der Waals surface area (Å²) in [6, 6.07) is 8.18. The molecule has 1 fully saturated rings. The number of hydrogen-bond acceptors (Lipinski definition) is 4. The van der Waals surface area contributed by atoms with E-state index in [9.17, 15) is 14.4 Å². The summed E-state index contributed by atoms with van der Waals surface area (Å²) in [7, 11) is 0. The number of nitriles is 1. The van der Waals surface area contributed by atoms with Crippen LogP contribution in [0.5, 0.6) is 0 Å². The Morgan fingerprint density at radius 1 is 1.34 bits per heavy atom. The van der Waals surface area contributed by atoms with E-state index in [1.54, 1.807) is 13.0 Å². The van der Waals surface area contributed by atoms with Crippen LogP contribution in [0.15, 0.2) is 36.7 Å². The molecule has 2 atom stereocenters. The van der Waals surface area contributed by atoms with Crippen molar-refractivity contribution in [1.29, 1.82) is 5.26 Å². The molecule has 0 unspecified atom stereocenters. The van der Waals surface area contributed by atoms with Gasteiger partial charge >= 0.3 is 0 Å². The van der Waals surface area contributed by atoms with E-state index in [0.717, 1.165) is 47.3 Å². The zero-order valence-corrected chi connectivity index (χ0v) is 18.7. The number of aromatic nitrogens is 2. The van der Waals surface area contributed by atoms with Crippen LogP contribution in [0, 0.1) is 36.9 Å². The topological polar surface area (TPSA) is 96.2 Å².